The summed E-state index contributed by atoms with van der Waals surface area (Å²) >= 11 is 0. The molecule has 152 valence electrons. The minimum absolute atomic E-state index is 0.328. The molecule has 0 unspecified atom stereocenters. The van der Waals surface area contributed by atoms with Crippen LogP contribution in [0, 0.1) is 6.92 Å². The molecule has 29 heavy (non-hydrogen) atoms. The molecule has 1 heterocycles. The number of ether oxygens (including phenoxy) is 2. The van der Waals surface area contributed by atoms with Crippen molar-refractivity contribution in [1.82, 2.24) is 4.98 Å². The molecule has 0 saturated heterocycles. The number of hydrogen-bond donors (Lipinski definition) is 1. The molecule has 0 atom stereocenters. The highest BCUT2D eigenvalue weighted by atomic mass is 19.4. The number of rotatable bonds is 5. The topological polar surface area (TPSA) is 66.9 Å². The number of fused-ring (bicyclic) bond motifs is 1. The number of anilines is 1. The maximum atomic E-state index is 12.3. The molecule has 3 rings (SSSR count). The van der Waals surface area contributed by atoms with Gasteiger partial charge < -0.3 is 14.5 Å². The molecule has 1 N–H and O–H groups in total. The van der Waals surface area contributed by atoms with Crippen LogP contribution in [0.1, 0.15) is 15.9 Å². The van der Waals surface area contributed by atoms with Gasteiger partial charge >= 0.3 is 6.36 Å². The van der Waals surface area contributed by atoms with Crippen LogP contribution in [0.4, 0.5) is 18.9 Å². The molecule has 0 amide bonds. The van der Waals surface area contributed by atoms with Gasteiger partial charge in [-0.1, -0.05) is 0 Å². The fraction of sp³-hybridized carbons (Fsp3) is 0.200. The lowest BCUT2D eigenvalue weighted by atomic mass is 10.1. The van der Waals surface area contributed by atoms with Crippen LogP contribution in [0.3, 0.4) is 0 Å². The maximum absolute atomic E-state index is 12.3. The molecule has 0 aliphatic carbocycles. The SMILES string of the molecule is COc1ccc2/c(=N/N(C)c3ccc(OC(F)(F)F)cc3)c(C=O)c[nH]c2c1C. The van der Waals surface area contributed by atoms with Crippen LogP contribution in [0.15, 0.2) is 47.7 Å². The Bertz CT molecular complexity index is 1110. The van der Waals surface area contributed by atoms with Gasteiger partial charge in [0.25, 0.3) is 0 Å². The number of methoxy groups -OCH3 is 1. The quantitative estimate of drug-likeness (QED) is 0.512. The van der Waals surface area contributed by atoms with E-state index in [1.165, 1.54) is 29.3 Å². The van der Waals surface area contributed by atoms with Crippen molar-refractivity contribution in [3.05, 3.63) is 59.1 Å². The van der Waals surface area contributed by atoms with Crippen LogP contribution in [0.25, 0.3) is 10.9 Å². The number of benzene rings is 2. The van der Waals surface area contributed by atoms with Crippen molar-refractivity contribution < 1.29 is 27.4 Å². The summed E-state index contributed by atoms with van der Waals surface area (Å²) in [5, 5.41) is 7.11. The van der Waals surface area contributed by atoms with Crippen molar-refractivity contribution in [1.29, 1.82) is 0 Å². The predicted molar refractivity (Wildman–Crippen MR) is 102 cm³/mol. The third-order valence-electron chi connectivity index (χ3n) is 4.36. The van der Waals surface area contributed by atoms with Crippen molar-refractivity contribution >= 4 is 22.9 Å². The molecular weight excluding hydrogens is 387 g/mol. The van der Waals surface area contributed by atoms with Gasteiger partial charge in [-0.05, 0) is 43.3 Å². The van der Waals surface area contributed by atoms with Gasteiger partial charge in [0.15, 0.2) is 6.29 Å². The number of alkyl halides is 3. The monoisotopic (exact) mass is 405 g/mol. The van der Waals surface area contributed by atoms with E-state index in [9.17, 15) is 18.0 Å². The lowest BCUT2D eigenvalue weighted by molar-refractivity contribution is -0.274. The molecule has 9 heteroatoms. The highest BCUT2D eigenvalue weighted by Crippen LogP contribution is 2.26. The van der Waals surface area contributed by atoms with E-state index in [0.717, 1.165) is 11.1 Å². The molecule has 0 saturated carbocycles. The number of aldehydes is 1. The lowest BCUT2D eigenvalue weighted by Crippen LogP contribution is -2.20. The normalized spacial score (nSPS) is 12.1. The number of carbonyl (C=O) groups excluding carboxylic acids is 1. The van der Waals surface area contributed by atoms with Gasteiger partial charge in [0.05, 0.1) is 23.9 Å². The van der Waals surface area contributed by atoms with Crippen molar-refractivity contribution in [3.63, 3.8) is 0 Å². The number of aromatic amines is 1. The van der Waals surface area contributed by atoms with Gasteiger partial charge in [0.2, 0.25) is 0 Å². The zero-order valence-corrected chi connectivity index (χ0v) is 15.9. The summed E-state index contributed by atoms with van der Waals surface area (Å²) in [5.74, 6) is 0.359. The molecule has 0 aliphatic heterocycles. The molecule has 3 aromatic rings. The number of nitrogens with one attached hydrogen (secondary N) is 1. The largest absolute Gasteiger partial charge is 0.573 e. The van der Waals surface area contributed by atoms with Crippen LogP contribution in [0.2, 0.25) is 0 Å². The summed E-state index contributed by atoms with van der Waals surface area (Å²) in [6, 6.07) is 8.84. The maximum Gasteiger partial charge on any atom is 0.573 e. The minimum Gasteiger partial charge on any atom is -0.496 e. The van der Waals surface area contributed by atoms with E-state index in [2.05, 4.69) is 14.8 Å². The van der Waals surface area contributed by atoms with E-state index in [-0.39, 0.29) is 5.75 Å². The number of nitrogens with zero attached hydrogens (tertiary/aromatic N) is 2. The van der Waals surface area contributed by atoms with E-state index in [1.54, 1.807) is 32.5 Å². The minimum atomic E-state index is -4.75. The summed E-state index contributed by atoms with van der Waals surface area (Å²) in [6.45, 7) is 1.88. The Labute approximate surface area is 164 Å². The first-order valence-corrected chi connectivity index (χ1v) is 8.52. The van der Waals surface area contributed by atoms with Crippen LogP contribution in [-0.4, -0.2) is 31.8 Å². The van der Waals surface area contributed by atoms with Gasteiger partial charge in [-0.15, -0.1) is 13.2 Å². The standard InChI is InChI=1S/C20H18F3N3O3/c1-12-17(28-3)9-8-16-18(12)24-10-13(11-27)19(16)25-26(2)14-4-6-15(7-5-14)29-20(21,22)23/h4-11H,1-3H3,(H,24,25). The Hall–Kier alpha value is -3.49. The van der Waals surface area contributed by atoms with Gasteiger partial charge in [-0.3, -0.25) is 9.80 Å². The predicted octanol–water partition coefficient (Wildman–Crippen LogP) is 4.15. The molecule has 0 spiro atoms. The van der Waals surface area contributed by atoms with Crippen molar-refractivity contribution in [3.8, 4) is 11.5 Å². The van der Waals surface area contributed by atoms with Crippen molar-refractivity contribution in [2.75, 3.05) is 19.2 Å². The Morgan fingerprint density at radius 3 is 2.41 bits per heavy atom. The summed E-state index contributed by atoms with van der Waals surface area (Å²) in [6.07, 6.45) is -2.52. The molecule has 2 aromatic carbocycles. The van der Waals surface area contributed by atoms with E-state index in [0.29, 0.717) is 34.0 Å². The second kappa shape index (κ2) is 7.86. The first-order chi connectivity index (χ1) is 13.7. The number of halogens is 3. The molecular formula is C20H18F3N3O3. The first-order valence-electron chi connectivity index (χ1n) is 8.52. The van der Waals surface area contributed by atoms with Crippen LogP contribution < -0.4 is 19.8 Å². The Kier molecular flexibility index (Phi) is 5.49. The zero-order chi connectivity index (χ0) is 21.2. The van der Waals surface area contributed by atoms with Gasteiger partial charge in [-0.25, -0.2) is 0 Å². The van der Waals surface area contributed by atoms with Crippen molar-refractivity contribution in [2.24, 2.45) is 5.10 Å². The number of carbonyl (C=O) groups is 1. The fourth-order valence-corrected chi connectivity index (χ4v) is 2.94. The van der Waals surface area contributed by atoms with Crippen LogP contribution in [-0.2, 0) is 0 Å². The lowest BCUT2D eigenvalue weighted by Gasteiger charge is -2.15. The van der Waals surface area contributed by atoms with Gasteiger partial charge in [0.1, 0.15) is 16.9 Å². The third kappa shape index (κ3) is 4.34. The first kappa shape index (κ1) is 20.2. The van der Waals surface area contributed by atoms with E-state index in [4.69, 9.17) is 4.74 Å². The molecule has 0 fully saturated rings. The van der Waals surface area contributed by atoms with Crippen LogP contribution in [0.5, 0.6) is 11.5 Å². The third-order valence-corrected chi connectivity index (χ3v) is 4.36. The number of aryl methyl sites for hydroxylation is 1. The zero-order valence-electron chi connectivity index (χ0n) is 15.9. The fourth-order valence-electron chi connectivity index (χ4n) is 2.94. The Morgan fingerprint density at radius 2 is 1.83 bits per heavy atom. The summed E-state index contributed by atoms with van der Waals surface area (Å²) < 4.78 is 46.1. The smallest absolute Gasteiger partial charge is 0.496 e. The summed E-state index contributed by atoms with van der Waals surface area (Å²) in [5.41, 5.74) is 2.47. The second-order valence-electron chi connectivity index (χ2n) is 6.19. The molecule has 0 aliphatic rings. The molecule has 6 nitrogen and oxygen atoms in total. The second-order valence-corrected chi connectivity index (χ2v) is 6.19. The van der Waals surface area contributed by atoms with E-state index in [1.807, 2.05) is 6.92 Å². The van der Waals surface area contributed by atoms with Gasteiger partial charge in [0, 0.05) is 24.2 Å². The number of H-pyrrole nitrogens is 1. The van der Waals surface area contributed by atoms with E-state index < -0.39 is 6.36 Å². The number of hydrogen-bond acceptors (Lipinski definition) is 5. The average Bonchev–Trinajstić information content (AvgIpc) is 2.68. The molecule has 1 aromatic heterocycles. The number of pyridine rings is 1. The van der Waals surface area contributed by atoms with Crippen LogP contribution >= 0.6 is 0 Å². The van der Waals surface area contributed by atoms with E-state index >= 15 is 0 Å². The van der Waals surface area contributed by atoms with Crippen molar-refractivity contribution in [2.45, 2.75) is 13.3 Å². The Morgan fingerprint density at radius 1 is 1.14 bits per heavy atom. The highest BCUT2D eigenvalue weighted by Gasteiger charge is 2.31. The highest BCUT2D eigenvalue weighted by molar-refractivity contribution is 5.88. The number of aromatic nitrogens is 1. The summed E-state index contributed by atoms with van der Waals surface area (Å²) in [4.78, 5) is 14.6. The molecule has 0 radical (unpaired) electrons. The Balaban J connectivity index is 2.06. The summed E-state index contributed by atoms with van der Waals surface area (Å²) in [7, 11) is 3.20. The molecule has 0 bridgehead atoms. The average molecular weight is 405 g/mol. The van der Waals surface area contributed by atoms with Gasteiger partial charge in [-0.2, -0.15) is 5.10 Å².